The molecule has 0 spiro atoms. The molecule has 108 valence electrons. The first kappa shape index (κ1) is 14.9. The normalized spacial score (nSPS) is 11.7. The molecule has 0 saturated carbocycles. The molecule has 2 N–H and O–H groups in total. The lowest BCUT2D eigenvalue weighted by molar-refractivity contribution is -0.137. The van der Waals surface area contributed by atoms with Crippen molar-refractivity contribution in [1.29, 1.82) is 0 Å². The summed E-state index contributed by atoms with van der Waals surface area (Å²) in [6, 6.07) is 5.95. The van der Waals surface area contributed by atoms with Crippen LogP contribution in [-0.4, -0.2) is 27.0 Å². The van der Waals surface area contributed by atoms with E-state index in [2.05, 4.69) is 15.3 Å². The zero-order valence-electron chi connectivity index (χ0n) is 10.9. The van der Waals surface area contributed by atoms with Crippen molar-refractivity contribution in [1.82, 2.24) is 15.3 Å². The minimum absolute atomic E-state index is 0.127. The van der Waals surface area contributed by atoms with E-state index >= 15 is 0 Å². The van der Waals surface area contributed by atoms with Crippen LogP contribution in [0.3, 0.4) is 0 Å². The van der Waals surface area contributed by atoms with Gasteiger partial charge >= 0.3 is 5.97 Å². The molecule has 0 fully saturated rings. The van der Waals surface area contributed by atoms with Crippen LogP contribution in [-0.2, 0) is 4.79 Å². The van der Waals surface area contributed by atoms with E-state index in [0.29, 0.717) is 10.6 Å². The number of hydrogen-bond donors (Lipinski definition) is 2. The van der Waals surface area contributed by atoms with Gasteiger partial charge in [0.1, 0.15) is 5.69 Å². The molecule has 0 aliphatic heterocycles. The Bertz CT molecular complexity index is 632. The fourth-order valence-corrected chi connectivity index (χ4v) is 1.90. The van der Waals surface area contributed by atoms with Gasteiger partial charge in [-0.25, -0.2) is 4.98 Å². The molecule has 0 aliphatic rings. The van der Waals surface area contributed by atoms with Gasteiger partial charge in [-0.2, -0.15) is 0 Å². The summed E-state index contributed by atoms with van der Waals surface area (Å²) < 4.78 is 0. The monoisotopic (exact) mass is 305 g/mol. The van der Waals surface area contributed by atoms with Gasteiger partial charge < -0.3 is 10.4 Å². The summed E-state index contributed by atoms with van der Waals surface area (Å²) in [4.78, 5) is 30.7. The van der Waals surface area contributed by atoms with Crippen molar-refractivity contribution < 1.29 is 14.7 Å². The molecule has 1 atom stereocenters. The molecular weight excluding hydrogens is 294 g/mol. The zero-order chi connectivity index (χ0) is 15.2. The molecule has 0 aliphatic carbocycles. The number of carboxylic acids is 1. The van der Waals surface area contributed by atoms with Crippen LogP contribution >= 0.6 is 11.6 Å². The Morgan fingerprint density at radius 3 is 2.52 bits per heavy atom. The van der Waals surface area contributed by atoms with Gasteiger partial charge in [-0.05, 0) is 17.7 Å². The molecule has 0 saturated heterocycles. The van der Waals surface area contributed by atoms with Crippen LogP contribution in [0.25, 0.3) is 0 Å². The first-order valence-electron chi connectivity index (χ1n) is 6.10. The number of amides is 1. The lowest BCUT2D eigenvalue weighted by Gasteiger charge is -2.17. The van der Waals surface area contributed by atoms with E-state index in [-0.39, 0.29) is 12.1 Å². The fourth-order valence-electron chi connectivity index (χ4n) is 1.77. The maximum absolute atomic E-state index is 12.0. The third-order valence-corrected chi connectivity index (χ3v) is 3.00. The van der Waals surface area contributed by atoms with Crippen LogP contribution in [0, 0.1) is 0 Å². The molecule has 1 aromatic carbocycles. The lowest BCUT2D eigenvalue weighted by atomic mass is 10.0. The molecule has 21 heavy (non-hydrogen) atoms. The number of carbonyl (C=O) groups excluding carboxylic acids is 1. The van der Waals surface area contributed by atoms with Gasteiger partial charge in [0.25, 0.3) is 5.91 Å². The number of carboxylic acid groups (broad SMARTS) is 1. The fraction of sp³-hybridized carbons (Fsp3) is 0.143. The van der Waals surface area contributed by atoms with Gasteiger partial charge in [-0.1, -0.05) is 23.7 Å². The van der Waals surface area contributed by atoms with Crippen LogP contribution in [0.2, 0.25) is 5.02 Å². The number of carbonyl (C=O) groups is 2. The highest BCUT2D eigenvalue weighted by Crippen LogP contribution is 2.20. The predicted octanol–water partition coefficient (Wildman–Crippen LogP) is 2.08. The summed E-state index contributed by atoms with van der Waals surface area (Å²) >= 11 is 5.80. The van der Waals surface area contributed by atoms with E-state index in [9.17, 15) is 9.59 Å². The number of nitrogens with zero attached hydrogens (tertiary/aromatic N) is 2. The van der Waals surface area contributed by atoms with Crippen molar-refractivity contribution in [3.63, 3.8) is 0 Å². The van der Waals surface area contributed by atoms with Crippen LogP contribution in [0.5, 0.6) is 0 Å². The molecule has 0 bridgehead atoms. The van der Waals surface area contributed by atoms with Crippen LogP contribution in [0.15, 0.2) is 42.9 Å². The number of benzene rings is 1. The first-order valence-corrected chi connectivity index (χ1v) is 6.48. The first-order chi connectivity index (χ1) is 10.1. The predicted molar refractivity (Wildman–Crippen MR) is 75.9 cm³/mol. The van der Waals surface area contributed by atoms with Crippen LogP contribution in [0.4, 0.5) is 0 Å². The molecule has 1 heterocycles. The number of aromatic nitrogens is 2. The molecule has 1 amide bonds. The number of rotatable bonds is 5. The molecule has 1 unspecified atom stereocenters. The minimum Gasteiger partial charge on any atom is -0.481 e. The Balaban J connectivity index is 2.18. The van der Waals surface area contributed by atoms with Crippen LogP contribution < -0.4 is 5.32 Å². The van der Waals surface area contributed by atoms with Gasteiger partial charge in [0, 0.05) is 17.4 Å². The summed E-state index contributed by atoms with van der Waals surface area (Å²) in [5.41, 5.74) is 0.779. The Hall–Kier alpha value is -2.47. The molecule has 2 rings (SSSR count). The molecule has 0 radical (unpaired) electrons. The minimum atomic E-state index is -1.02. The van der Waals surface area contributed by atoms with E-state index in [4.69, 9.17) is 16.7 Å². The Labute approximate surface area is 125 Å². The van der Waals surface area contributed by atoms with E-state index in [1.807, 2.05) is 0 Å². The molecule has 2 aromatic rings. The highest BCUT2D eigenvalue weighted by molar-refractivity contribution is 6.30. The second-order valence-electron chi connectivity index (χ2n) is 4.27. The van der Waals surface area contributed by atoms with Crippen molar-refractivity contribution in [2.75, 3.05) is 0 Å². The van der Waals surface area contributed by atoms with Crippen molar-refractivity contribution in [2.45, 2.75) is 12.5 Å². The van der Waals surface area contributed by atoms with Crippen molar-refractivity contribution in [3.8, 4) is 0 Å². The van der Waals surface area contributed by atoms with Gasteiger partial charge in [0.15, 0.2) is 0 Å². The average Bonchev–Trinajstić information content (AvgIpc) is 2.48. The molecule has 6 nitrogen and oxygen atoms in total. The molecule has 1 aromatic heterocycles. The topological polar surface area (TPSA) is 92.2 Å². The number of hydrogen-bond acceptors (Lipinski definition) is 4. The summed E-state index contributed by atoms with van der Waals surface area (Å²) in [7, 11) is 0. The summed E-state index contributed by atoms with van der Waals surface area (Å²) in [5.74, 6) is -1.50. The molecular formula is C14H12ClN3O3. The van der Waals surface area contributed by atoms with Crippen molar-refractivity contribution in [3.05, 3.63) is 59.1 Å². The van der Waals surface area contributed by atoms with Crippen molar-refractivity contribution >= 4 is 23.5 Å². The van der Waals surface area contributed by atoms with Gasteiger partial charge in [-0.15, -0.1) is 0 Å². The SMILES string of the molecule is O=C(O)CC(NC(=O)c1cnccn1)c1ccc(Cl)cc1. The maximum Gasteiger partial charge on any atom is 0.305 e. The molecule has 7 heteroatoms. The second-order valence-corrected chi connectivity index (χ2v) is 4.70. The van der Waals surface area contributed by atoms with E-state index in [1.165, 1.54) is 18.6 Å². The highest BCUT2D eigenvalue weighted by atomic mass is 35.5. The Morgan fingerprint density at radius 1 is 1.24 bits per heavy atom. The zero-order valence-corrected chi connectivity index (χ0v) is 11.6. The summed E-state index contributed by atoms with van der Waals surface area (Å²) in [6.45, 7) is 0. The maximum atomic E-state index is 12.0. The summed E-state index contributed by atoms with van der Waals surface area (Å²) in [5, 5.41) is 12.1. The van der Waals surface area contributed by atoms with Gasteiger partial charge in [-0.3, -0.25) is 14.6 Å². The van der Waals surface area contributed by atoms with Gasteiger partial charge in [0.05, 0.1) is 18.7 Å². The second kappa shape index (κ2) is 6.81. The van der Waals surface area contributed by atoms with Crippen LogP contribution in [0.1, 0.15) is 28.5 Å². The largest absolute Gasteiger partial charge is 0.481 e. The van der Waals surface area contributed by atoms with Gasteiger partial charge in [0.2, 0.25) is 0 Å². The van der Waals surface area contributed by atoms with E-state index in [1.54, 1.807) is 24.3 Å². The van der Waals surface area contributed by atoms with Crippen molar-refractivity contribution in [2.24, 2.45) is 0 Å². The lowest BCUT2D eigenvalue weighted by Crippen LogP contribution is -2.30. The number of nitrogens with one attached hydrogen (secondary N) is 1. The quantitative estimate of drug-likeness (QED) is 0.882. The average molecular weight is 306 g/mol. The highest BCUT2D eigenvalue weighted by Gasteiger charge is 2.19. The van der Waals surface area contributed by atoms with E-state index < -0.39 is 17.9 Å². The standard InChI is InChI=1S/C14H12ClN3O3/c15-10-3-1-9(2-4-10)11(7-13(19)20)18-14(21)12-8-16-5-6-17-12/h1-6,8,11H,7H2,(H,18,21)(H,19,20). The number of halogens is 1. The van der Waals surface area contributed by atoms with E-state index in [0.717, 1.165) is 0 Å². The smallest absolute Gasteiger partial charge is 0.305 e. The Morgan fingerprint density at radius 2 is 1.95 bits per heavy atom. The number of aliphatic carboxylic acids is 1. The third kappa shape index (κ3) is 4.25. The summed E-state index contributed by atoms with van der Waals surface area (Å²) in [6.07, 6.45) is 3.91. The Kier molecular flexibility index (Phi) is 4.84. The third-order valence-electron chi connectivity index (χ3n) is 2.75.